The first-order chi connectivity index (χ1) is 10.1. The second-order valence-corrected chi connectivity index (χ2v) is 4.45. The smallest absolute Gasteiger partial charge is 0.339 e. The number of carboxylic acid groups (broad SMARTS) is 1. The van der Waals surface area contributed by atoms with E-state index in [0.29, 0.717) is 12.4 Å². The van der Waals surface area contributed by atoms with E-state index in [1.54, 1.807) is 10.7 Å². The third kappa shape index (κ3) is 2.48. The zero-order chi connectivity index (χ0) is 14.8. The summed E-state index contributed by atoms with van der Waals surface area (Å²) in [4.78, 5) is 11.0. The van der Waals surface area contributed by atoms with Crippen molar-refractivity contribution in [2.75, 3.05) is 5.32 Å². The quantitative estimate of drug-likeness (QED) is 0.633. The molecule has 0 aliphatic heterocycles. The van der Waals surface area contributed by atoms with Crippen molar-refractivity contribution >= 4 is 22.7 Å². The molecule has 0 aliphatic rings. The van der Waals surface area contributed by atoms with E-state index in [1.807, 2.05) is 24.3 Å². The number of aromatic nitrogens is 3. The maximum absolute atomic E-state index is 11.0. The number of para-hydroxylation sites is 1. The highest BCUT2D eigenvalue weighted by Crippen LogP contribution is 2.21. The largest absolute Gasteiger partial charge is 0.507 e. The summed E-state index contributed by atoms with van der Waals surface area (Å²) in [6.07, 6.45) is 0. The third-order valence-corrected chi connectivity index (χ3v) is 3.08. The molecule has 0 atom stereocenters. The molecule has 0 radical (unpaired) electrons. The zero-order valence-corrected chi connectivity index (χ0v) is 10.9. The number of carbonyl (C=O) groups is 1. The summed E-state index contributed by atoms with van der Waals surface area (Å²) >= 11 is 0. The fraction of sp³-hybridized carbons (Fsp3) is 0.0714. The summed E-state index contributed by atoms with van der Waals surface area (Å²) in [5.74, 6) is -1.44. The molecule has 2 aromatic carbocycles. The van der Waals surface area contributed by atoms with Crippen molar-refractivity contribution in [2.45, 2.75) is 6.67 Å². The van der Waals surface area contributed by atoms with Gasteiger partial charge in [0.25, 0.3) is 0 Å². The number of carboxylic acids is 1. The molecule has 0 aliphatic carbocycles. The summed E-state index contributed by atoms with van der Waals surface area (Å²) in [6.45, 7) is 0.338. The number of phenols is 1. The topological polar surface area (TPSA) is 100 Å². The molecule has 3 rings (SSSR count). The minimum absolute atomic E-state index is 0.150. The molecule has 0 saturated heterocycles. The van der Waals surface area contributed by atoms with Crippen molar-refractivity contribution < 1.29 is 15.0 Å². The molecule has 0 bridgehead atoms. The van der Waals surface area contributed by atoms with Crippen LogP contribution < -0.4 is 5.32 Å². The fourth-order valence-electron chi connectivity index (χ4n) is 2.02. The number of aromatic carboxylic acids is 1. The minimum atomic E-state index is -1.18. The number of anilines is 1. The van der Waals surface area contributed by atoms with E-state index in [9.17, 15) is 9.90 Å². The second kappa shape index (κ2) is 5.12. The molecule has 1 aromatic heterocycles. The molecule has 21 heavy (non-hydrogen) atoms. The predicted molar refractivity (Wildman–Crippen MR) is 76.2 cm³/mol. The van der Waals surface area contributed by atoms with E-state index in [4.69, 9.17) is 5.11 Å². The SMILES string of the molecule is O=C(O)c1cc(NCn2nnc3ccccc32)ccc1O. The van der Waals surface area contributed by atoms with Crippen molar-refractivity contribution in [3.05, 3.63) is 48.0 Å². The first-order valence-corrected chi connectivity index (χ1v) is 6.23. The zero-order valence-electron chi connectivity index (χ0n) is 10.9. The monoisotopic (exact) mass is 284 g/mol. The molecule has 7 nitrogen and oxygen atoms in total. The van der Waals surface area contributed by atoms with Gasteiger partial charge < -0.3 is 15.5 Å². The van der Waals surface area contributed by atoms with Gasteiger partial charge in [-0.3, -0.25) is 0 Å². The number of hydrogen-bond acceptors (Lipinski definition) is 5. The van der Waals surface area contributed by atoms with Crippen molar-refractivity contribution in [1.29, 1.82) is 0 Å². The number of nitrogens with one attached hydrogen (secondary N) is 1. The lowest BCUT2D eigenvalue weighted by Gasteiger charge is -2.08. The van der Waals surface area contributed by atoms with Crippen molar-refractivity contribution in [3.63, 3.8) is 0 Å². The van der Waals surface area contributed by atoms with Crippen LogP contribution in [0.3, 0.4) is 0 Å². The second-order valence-electron chi connectivity index (χ2n) is 4.45. The summed E-state index contributed by atoms with van der Waals surface area (Å²) in [6, 6.07) is 11.8. The molecule has 7 heteroatoms. The van der Waals surface area contributed by atoms with Crippen molar-refractivity contribution in [2.24, 2.45) is 0 Å². The summed E-state index contributed by atoms with van der Waals surface area (Å²) in [5.41, 5.74) is 2.09. The molecular formula is C14H12N4O3. The Hall–Kier alpha value is -3.09. The first-order valence-electron chi connectivity index (χ1n) is 6.23. The van der Waals surface area contributed by atoms with Crippen LogP contribution in [0.25, 0.3) is 11.0 Å². The van der Waals surface area contributed by atoms with Gasteiger partial charge in [-0.15, -0.1) is 5.10 Å². The Kier molecular flexibility index (Phi) is 3.15. The Labute approximate surface area is 119 Å². The van der Waals surface area contributed by atoms with Crippen LogP contribution in [0.4, 0.5) is 5.69 Å². The summed E-state index contributed by atoms with van der Waals surface area (Å²) < 4.78 is 1.67. The van der Waals surface area contributed by atoms with Gasteiger partial charge in [0.1, 0.15) is 23.5 Å². The van der Waals surface area contributed by atoms with Crippen LogP contribution >= 0.6 is 0 Å². The Morgan fingerprint density at radius 3 is 2.86 bits per heavy atom. The average Bonchev–Trinajstić information content (AvgIpc) is 2.89. The van der Waals surface area contributed by atoms with Gasteiger partial charge in [-0.05, 0) is 30.3 Å². The molecule has 3 aromatic rings. The van der Waals surface area contributed by atoms with Crippen molar-refractivity contribution in [3.8, 4) is 5.75 Å². The van der Waals surface area contributed by atoms with Gasteiger partial charge in [-0.2, -0.15) is 0 Å². The maximum Gasteiger partial charge on any atom is 0.339 e. The highest BCUT2D eigenvalue weighted by Gasteiger charge is 2.10. The van der Waals surface area contributed by atoms with Gasteiger partial charge in [-0.1, -0.05) is 17.3 Å². The molecule has 0 spiro atoms. The lowest BCUT2D eigenvalue weighted by Crippen LogP contribution is -2.10. The van der Waals surface area contributed by atoms with E-state index in [0.717, 1.165) is 11.0 Å². The van der Waals surface area contributed by atoms with E-state index in [1.165, 1.54) is 12.1 Å². The average molecular weight is 284 g/mol. The van der Waals surface area contributed by atoms with Gasteiger partial charge >= 0.3 is 5.97 Å². The standard InChI is InChI=1S/C14H12N4O3/c19-13-6-5-9(7-10(13)14(20)21)15-8-18-12-4-2-1-3-11(12)16-17-18/h1-7,15,19H,8H2,(H,20,21). The van der Waals surface area contributed by atoms with E-state index < -0.39 is 5.97 Å². The normalized spacial score (nSPS) is 10.7. The number of fused-ring (bicyclic) bond motifs is 1. The van der Waals surface area contributed by atoms with E-state index in [2.05, 4.69) is 15.6 Å². The van der Waals surface area contributed by atoms with Gasteiger partial charge in [0.05, 0.1) is 5.52 Å². The molecule has 106 valence electrons. The van der Waals surface area contributed by atoms with Crippen LogP contribution in [0.2, 0.25) is 0 Å². The Morgan fingerprint density at radius 2 is 2.05 bits per heavy atom. The summed E-state index contributed by atoms with van der Waals surface area (Å²) in [5, 5.41) is 29.5. The number of benzene rings is 2. The van der Waals surface area contributed by atoms with Gasteiger partial charge in [-0.25, -0.2) is 9.48 Å². The summed E-state index contributed by atoms with van der Waals surface area (Å²) in [7, 11) is 0. The lowest BCUT2D eigenvalue weighted by molar-refractivity contribution is 0.0694. The lowest BCUT2D eigenvalue weighted by atomic mass is 10.2. The van der Waals surface area contributed by atoms with Gasteiger partial charge in [0.15, 0.2) is 0 Å². The van der Waals surface area contributed by atoms with Crippen LogP contribution in [-0.2, 0) is 6.67 Å². The van der Waals surface area contributed by atoms with Crippen molar-refractivity contribution in [1.82, 2.24) is 15.0 Å². The maximum atomic E-state index is 11.0. The molecule has 0 unspecified atom stereocenters. The molecule has 1 heterocycles. The molecule has 0 amide bonds. The van der Waals surface area contributed by atoms with Crippen LogP contribution in [0, 0.1) is 0 Å². The Balaban J connectivity index is 1.82. The van der Waals surface area contributed by atoms with Crippen LogP contribution in [0.5, 0.6) is 5.75 Å². The van der Waals surface area contributed by atoms with Crippen LogP contribution in [-0.4, -0.2) is 31.2 Å². The van der Waals surface area contributed by atoms with Gasteiger partial charge in [0.2, 0.25) is 0 Å². The number of rotatable bonds is 4. The van der Waals surface area contributed by atoms with E-state index >= 15 is 0 Å². The first kappa shape index (κ1) is 12.9. The van der Waals surface area contributed by atoms with Gasteiger partial charge in [0, 0.05) is 5.69 Å². The number of aromatic hydroxyl groups is 1. The highest BCUT2D eigenvalue weighted by atomic mass is 16.4. The van der Waals surface area contributed by atoms with Crippen LogP contribution in [0.1, 0.15) is 10.4 Å². The number of nitrogens with zero attached hydrogens (tertiary/aromatic N) is 3. The molecular weight excluding hydrogens is 272 g/mol. The molecule has 0 fully saturated rings. The Bertz CT molecular complexity index is 813. The third-order valence-electron chi connectivity index (χ3n) is 3.08. The van der Waals surface area contributed by atoms with E-state index in [-0.39, 0.29) is 11.3 Å². The predicted octanol–water partition coefficient (Wildman–Crippen LogP) is 1.90. The molecule has 0 saturated carbocycles. The molecule has 3 N–H and O–H groups in total. The van der Waals surface area contributed by atoms with Crippen LogP contribution in [0.15, 0.2) is 42.5 Å². The number of hydrogen-bond donors (Lipinski definition) is 3. The highest BCUT2D eigenvalue weighted by molar-refractivity contribution is 5.92. The minimum Gasteiger partial charge on any atom is -0.507 e. The fourth-order valence-corrected chi connectivity index (χ4v) is 2.02. The Morgan fingerprint density at radius 1 is 1.24 bits per heavy atom.